The van der Waals surface area contributed by atoms with Crippen LogP contribution in [0.25, 0.3) is 10.8 Å². The van der Waals surface area contributed by atoms with Crippen molar-refractivity contribution in [1.82, 2.24) is 0 Å². The second kappa shape index (κ2) is 5.01. The van der Waals surface area contributed by atoms with Crippen LogP contribution in [0.15, 0.2) is 70.9 Å². The Bertz CT molecular complexity index is 779. The van der Waals surface area contributed by atoms with Crippen LogP contribution in [0.5, 0.6) is 5.75 Å². The lowest BCUT2D eigenvalue weighted by atomic mass is 10.1. The van der Waals surface area contributed by atoms with Crippen LogP contribution < -0.4 is 5.73 Å². The minimum Gasteiger partial charge on any atom is -0.506 e. The monoisotopic (exact) mass is 263 g/mol. The molecule has 3 aromatic rings. The van der Waals surface area contributed by atoms with E-state index in [1.54, 1.807) is 30.3 Å². The third-order valence-electron chi connectivity index (χ3n) is 3.04. The smallest absolute Gasteiger partial charge is 0.143 e. The molecule has 4 heteroatoms. The molecule has 0 heterocycles. The molecule has 0 bridgehead atoms. The van der Waals surface area contributed by atoms with E-state index in [4.69, 9.17) is 5.73 Å². The predicted molar refractivity (Wildman–Crippen MR) is 80.6 cm³/mol. The molecule has 0 radical (unpaired) electrons. The van der Waals surface area contributed by atoms with Gasteiger partial charge in [-0.2, -0.15) is 5.11 Å². The summed E-state index contributed by atoms with van der Waals surface area (Å²) in [6, 6.07) is 18.3. The van der Waals surface area contributed by atoms with Crippen LogP contribution in [0, 0.1) is 0 Å². The van der Waals surface area contributed by atoms with Gasteiger partial charge in [-0.3, -0.25) is 0 Å². The van der Waals surface area contributed by atoms with E-state index >= 15 is 0 Å². The SMILES string of the molecule is Nc1ccc(/N=N/c2c(O)ccc3ccccc23)cc1. The summed E-state index contributed by atoms with van der Waals surface area (Å²) >= 11 is 0. The number of aromatic hydroxyl groups is 1. The van der Waals surface area contributed by atoms with Crippen molar-refractivity contribution < 1.29 is 5.11 Å². The summed E-state index contributed by atoms with van der Waals surface area (Å²) in [5.41, 5.74) is 7.46. The predicted octanol–water partition coefficient (Wildman–Crippen LogP) is 4.54. The first-order chi connectivity index (χ1) is 9.74. The fraction of sp³-hybridized carbons (Fsp3) is 0. The zero-order valence-corrected chi connectivity index (χ0v) is 10.7. The van der Waals surface area contributed by atoms with Crippen molar-refractivity contribution in [3.8, 4) is 5.75 Å². The number of anilines is 1. The van der Waals surface area contributed by atoms with Crippen LogP contribution in [0.3, 0.4) is 0 Å². The summed E-state index contributed by atoms with van der Waals surface area (Å²) in [6.07, 6.45) is 0. The van der Waals surface area contributed by atoms with E-state index in [9.17, 15) is 5.11 Å². The number of rotatable bonds is 2. The number of phenolic OH excluding ortho intramolecular Hbond substituents is 1. The largest absolute Gasteiger partial charge is 0.506 e. The summed E-state index contributed by atoms with van der Waals surface area (Å²) in [6.45, 7) is 0. The maximum atomic E-state index is 9.96. The Kier molecular flexibility index (Phi) is 3.05. The van der Waals surface area contributed by atoms with Gasteiger partial charge in [-0.05, 0) is 35.7 Å². The van der Waals surface area contributed by atoms with Gasteiger partial charge >= 0.3 is 0 Å². The van der Waals surface area contributed by atoms with Crippen molar-refractivity contribution in [3.05, 3.63) is 60.7 Å². The molecular weight excluding hydrogens is 250 g/mol. The lowest BCUT2D eigenvalue weighted by Crippen LogP contribution is -1.80. The summed E-state index contributed by atoms with van der Waals surface area (Å²) in [5.74, 6) is 0.114. The number of fused-ring (bicyclic) bond motifs is 1. The number of benzene rings is 3. The Morgan fingerprint density at radius 3 is 2.35 bits per heavy atom. The number of azo groups is 1. The van der Waals surface area contributed by atoms with Gasteiger partial charge in [0.15, 0.2) is 0 Å². The normalized spacial score (nSPS) is 11.2. The molecule has 4 nitrogen and oxygen atoms in total. The first kappa shape index (κ1) is 12.2. The third-order valence-corrected chi connectivity index (χ3v) is 3.04. The second-order valence-corrected chi connectivity index (χ2v) is 4.45. The van der Waals surface area contributed by atoms with Gasteiger partial charge in [0.25, 0.3) is 0 Å². The minimum atomic E-state index is 0.114. The molecule has 3 rings (SSSR count). The molecule has 0 aliphatic carbocycles. The van der Waals surface area contributed by atoms with Crippen molar-refractivity contribution in [3.63, 3.8) is 0 Å². The maximum Gasteiger partial charge on any atom is 0.143 e. The fourth-order valence-corrected chi connectivity index (χ4v) is 2.00. The van der Waals surface area contributed by atoms with Crippen LogP contribution in [-0.4, -0.2) is 5.11 Å². The summed E-state index contributed by atoms with van der Waals surface area (Å²) in [4.78, 5) is 0. The summed E-state index contributed by atoms with van der Waals surface area (Å²) < 4.78 is 0. The molecular formula is C16H13N3O. The molecule has 0 saturated heterocycles. The van der Waals surface area contributed by atoms with E-state index in [1.807, 2.05) is 30.3 Å². The number of hydrogen-bond donors (Lipinski definition) is 2. The van der Waals surface area contributed by atoms with Crippen molar-refractivity contribution in [1.29, 1.82) is 0 Å². The first-order valence-corrected chi connectivity index (χ1v) is 6.22. The number of nitrogens with two attached hydrogens (primary N) is 1. The van der Waals surface area contributed by atoms with Gasteiger partial charge in [0.1, 0.15) is 11.4 Å². The molecule has 0 unspecified atom stereocenters. The van der Waals surface area contributed by atoms with Crippen molar-refractivity contribution in [2.24, 2.45) is 10.2 Å². The van der Waals surface area contributed by atoms with E-state index in [-0.39, 0.29) is 5.75 Å². The molecule has 0 amide bonds. The average molecular weight is 263 g/mol. The molecule has 0 fully saturated rings. The average Bonchev–Trinajstić information content (AvgIpc) is 2.48. The zero-order chi connectivity index (χ0) is 13.9. The molecule has 0 aliphatic rings. The quantitative estimate of drug-likeness (QED) is 0.526. The number of hydrogen-bond acceptors (Lipinski definition) is 4. The Balaban J connectivity index is 2.06. The molecule has 0 atom stereocenters. The van der Waals surface area contributed by atoms with E-state index in [0.717, 1.165) is 10.8 Å². The zero-order valence-electron chi connectivity index (χ0n) is 10.7. The van der Waals surface area contributed by atoms with Crippen LogP contribution in [0.4, 0.5) is 17.1 Å². The molecule has 3 aromatic carbocycles. The molecule has 0 saturated carbocycles. The van der Waals surface area contributed by atoms with Crippen LogP contribution in [-0.2, 0) is 0 Å². The van der Waals surface area contributed by atoms with E-state index in [2.05, 4.69) is 10.2 Å². The van der Waals surface area contributed by atoms with Crippen LogP contribution in [0.1, 0.15) is 0 Å². The van der Waals surface area contributed by atoms with Gasteiger partial charge in [0.2, 0.25) is 0 Å². The summed E-state index contributed by atoms with van der Waals surface area (Å²) in [7, 11) is 0. The Morgan fingerprint density at radius 2 is 1.55 bits per heavy atom. The number of nitrogens with zero attached hydrogens (tertiary/aromatic N) is 2. The van der Waals surface area contributed by atoms with Crippen molar-refractivity contribution in [2.45, 2.75) is 0 Å². The van der Waals surface area contributed by atoms with Gasteiger partial charge in [0, 0.05) is 11.1 Å². The Morgan fingerprint density at radius 1 is 0.800 bits per heavy atom. The van der Waals surface area contributed by atoms with Crippen LogP contribution in [0.2, 0.25) is 0 Å². The third kappa shape index (κ3) is 2.31. The number of phenols is 1. The second-order valence-electron chi connectivity index (χ2n) is 4.45. The molecule has 3 N–H and O–H groups in total. The topological polar surface area (TPSA) is 71.0 Å². The summed E-state index contributed by atoms with van der Waals surface area (Å²) in [5, 5.41) is 20.1. The molecule has 0 spiro atoms. The van der Waals surface area contributed by atoms with E-state index in [0.29, 0.717) is 17.1 Å². The van der Waals surface area contributed by atoms with E-state index < -0.39 is 0 Å². The standard InChI is InChI=1S/C16H13N3O/c17-12-6-8-13(9-7-12)18-19-16-14-4-2-1-3-11(14)5-10-15(16)20/h1-10,20H,17H2/b19-18+. The van der Waals surface area contributed by atoms with Gasteiger partial charge < -0.3 is 10.8 Å². The van der Waals surface area contributed by atoms with Crippen LogP contribution >= 0.6 is 0 Å². The maximum absolute atomic E-state index is 9.96. The Labute approximate surface area is 116 Å². The van der Waals surface area contributed by atoms with Crippen molar-refractivity contribution in [2.75, 3.05) is 5.73 Å². The van der Waals surface area contributed by atoms with E-state index in [1.165, 1.54) is 0 Å². The van der Waals surface area contributed by atoms with Gasteiger partial charge in [0.05, 0.1) is 5.69 Å². The highest BCUT2D eigenvalue weighted by atomic mass is 16.3. The van der Waals surface area contributed by atoms with Crippen molar-refractivity contribution >= 4 is 27.8 Å². The molecule has 0 aliphatic heterocycles. The van der Waals surface area contributed by atoms with Gasteiger partial charge in [-0.1, -0.05) is 30.3 Å². The molecule has 20 heavy (non-hydrogen) atoms. The minimum absolute atomic E-state index is 0.114. The lowest BCUT2D eigenvalue weighted by Gasteiger charge is -2.03. The van der Waals surface area contributed by atoms with Gasteiger partial charge in [-0.15, -0.1) is 5.11 Å². The highest BCUT2D eigenvalue weighted by Gasteiger charge is 2.05. The lowest BCUT2D eigenvalue weighted by molar-refractivity contribution is 0.477. The highest BCUT2D eigenvalue weighted by Crippen LogP contribution is 2.35. The molecule has 98 valence electrons. The highest BCUT2D eigenvalue weighted by molar-refractivity contribution is 5.95. The number of nitrogen functional groups attached to an aromatic ring is 1. The Hall–Kier alpha value is -2.88. The first-order valence-electron chi connectivity index (χ1n) is 6.22. The molecule has 0 aromatic heterocycles. The van der Waals surface area contributed by atoms with Gasteiger partial charge in [-0.25, -0.2) is 0 Å². The fourth-order valence-electron chi connectivity index (χ4n) is 2.00.